The number of halogens is 1. The number of aliphatic carboxylic acids is 1. The van der Waals surface area contributed by atoms with Crippen molar-refractivity contribution >= 4 is 27.8 Å². The lowest BCUT2D eigenvalue weighted by atomic mass is 10.1. The summed E-state index contributed by atoms with van der Waals surface area (Å²) in [5.41, 5.74) is 0.574. The molecule has 21 heavy (non-hydrogen) atoms. The first-order valence-electron chi connectivity index (χ1n) is 6.34. The third kappa shape index (κ3) is 3.07. The van der Waals surface area contributed by atoms with Gasteiger partial charge in [0.25, 0.3) is 0 Å². The molecule has 0 aromatic heterocycles. The van der Waals surface area contributed by atoms with Crippen molar-refractivity contribution < 1.29 is 22.7 Å². The van der Waals surface area contributed by atoms with Crippen LogP contribution in [0, 0.1) is 19.7 Å². The monoisotopic (exact) mass is 333 g/mol. The molecule has 1 aromatic rings. The summed E-state index contributed by atoms with van der Waals surface area (Å²) < 4.78 is 39.9. The second-order valence-electron chi connectivity index (χ2n) is 4.91. The van der Waals surface area contributed by atoms with Gasteiger partial charge in [0, 0.05) is 18.1 Å². The van der Waals surface area contributed by atoms with Crippen LogP contribution in [0.25, 0.3) is 0 Å². The van der Waals surface area contributed by atoms with E-state index in [0.29, 0.717) is 5.75 Å². The minimum atomic E-state index is -3.96. The van der Waals surface area contributed by atoms with E-state index in [-0.39, 0.29) is 28.3 Å². The van der Waals surface area contributed by atoms with Crippen LogP contribution < -0.4 is 0 Å². The van der Waals surface area contributed by atoms with Gasteiger partial charge in [0.1, 0.15) is 11.9 Å². The van der Waals surface area contributed by atoms with E-state index in [4.69, 9.17) is 0 Å². The van der Waals surface area contributed by atoms with Gasteiger partial charge in [0.2, 0.25) is 10.0 Å². The van der Waals surface area contributed by atoms with Crippen molar-refractivity contribution in [1.29, 1.82) is 0 Å². The van der Waals surface area contributed by atoms with Crippen LogP contribution in [0.4, 0.5) is 4.39 Å². The van der Waals surface area contributed by atoms with Crippen LogP contribution in [0.3, 0.4) is 0 Å². The molecule has 0 bridgehead atoms. The van der Waals surface area contributed by atoms with Gasteiger partial charge in [0.05, 0.1) is 4.90 Å². The second-order valence-corrected chi connectivity index (χ2v) is 7.89. The fourth-order valence-electron chi connectivity index (χ4n) is 2.49. The van der Waals surface area contributed by atoms with E-state index in [9.17, 15) is 22.7 Å². The standard InChI is InChI=1S/C13H16FNO4S2/c1-8-5-10(14)6-9(2)12(8)21(18,19)15-3-4-20-7-11(15)13(16)17/h5-6,11H,3-4,7H2,1-2H3,(H,16,17). The first-order chi connectivity index (χ1) is 9.75. The van der Waals surface area contributed by atoms with Crippen LogP contribution in [0.15, 0.2) is 17.0 Å². The number of carbonyl (C=O) groups is 1. The van der Waals surface area contributed by atoms with E-state index in [2.05, 4.69) is 0 Å². The predicted molar refractivity (Wildman–Crippen MR) is 78.5 cm³/mol. The van der Waals surface area contributed by atoms with Crippen molar-refractivity contribution in [1.82, 2.24) is 4.31 Å². The molecule has 1 fully saturated rings. The van der Waals surface area contributed by atoms with E-state index in [1.165, 1.54) is 25.6 Å². The van der Waals surface area contributed by atoms with Crippen LogP contribution in [-0.4, -0.2) is 47.9 Å². The number of aryl methyl sites for hydroxylation is 2. The summed E-state index contributed by atoms with van der Waals surface area (Å²) in [6.07, 6.45) is 0. The Morgan fingerprint density at radius 1 is 1.38 bits per heavy atom. The number of rotatable bonds is 3. The molecule has 0 amide bonds. The first-order valence-corrected chi connectivity index (χ1v) is 8.93. The van der Waals surface area contributed by atoms with Crippen molar-refractivity contribution in [2.24, 2.45) is 0 Å². The summed E-state index contributed by atoms with van der Waals surface area (Å²) in [5, 5.41) is 9.22. The fourth-order valence-corrected chi connectivity index (χ4v) is 5.74. The second kappa shape index (κ2) is 5.94. The molecule has 1 atom stereocenters. The number of hydrogen-bond acceptors (Lipinski definition) is 4. The van der Waals surface area contributed by atoms with Crippen molar-refractivity contribution in [3.8, 4) is 0 Å². The number of carboxylic acid groups (broad SMARTS) is 1. The molecule has 1 aliphatic rings. The maximum absolute atomic E-state index is 13.3. The third-order valence-corrected chi connectivity index (χ3v) is 6.59. The fraction of sp³-hybridized carbons (Fsp3) is 0.462. The molecule has 0 radical (unpaired) electrons. The number of carboxylic acids is 1. The zero-order valence-corrected chi connectivity index (χ0v) is 13.3. The number of thioether (sulfide) groups is 1. The van der Waals surface area contributed by atoms with Crippen molar-refractivity contribution in [2.75, 3.05) is 18.1 Å². The Bertz CT molecular complexity index is 652. The minimum absolute atomic E-state index is 0.00190. The van der Waals surface area contributed by atoms with Crippen LogP contribution in [-0.2, 0) is 14.8 Å². The summed E-state index contributed by atoms with van der Waals surface area (Å²) in [4.78, 5) is 11.3. The Kier molecular flexibility index (Phi) is 4.60. The summed E-state index contributed by atoms with van der Waals surface area (Å²) in [6, 6.07) is 1.21. The molecule has 1 N–H and O–H groups in total. The summed E-state index contributed by atoms with van der Waals surface area (Å²) in [5.74, 6) is -0.910. The summed E-state index contributed by atoms with van der Waals surface area (Å²) >= 11 is 1.41. The molecule has 116 valence electrons. The van der Waals surface area contributed by atoms with Crippen LogP contribution >= 0.6 is 11.8 Å². The average molecular weight is 333 g/mol. The van der Waals surface area contributed by atoms with Crippen LogP contribution in [0.5, 0.6) is 0 Å². The Hall–Kier alpha value is -1.12. The van der Waals surface area contributed by atoms with Gasteiger partial charge in [-0.15, -0.1) is 0 Å². The number of nitrogens with zero attached hydrogens (tertiary/aromatic N) is 1. The van der Waals surface area contributed by atoms with Crippen LogP contribution in [0.1, 0.15) is 11.1 Å². The van der Waals surface area contributed by atoms with Gasteiger partial charge in [-0.25, -0.2) is 12.8 Å². The normalized spacial score (nSPS) is 20.4. The quantitative estimate of drug-likeness (QED) is 0.910. The predicted octanol–water partition coefficient (Wildman–Crippen LogP) is 1.63. The van der Waals surface area contributed by atoms with Crippen molar-refractivity contribution in [3.05, 3.63) is 29.1 Å². The number of benzene rings is 1. The van der Waals surface area contributed by atoms with Gasteiger partial charge in [-0.05, 0) is 37.1 Å². The van der Waals surface area contributed by atoms with E-state index < -0.39 is 27.9 Å². The van der Waals surface area contributed by atoms with Gasteiger partial charge in [-0.1, -0.05) is 0 Å². The maximum Gasteiger partial charge on any atom is 0.322 e. The smallest absolute Gasteiger partial charge is 0.322 e. The first kappa shape index (κ1) is 16.3. The molecular weight excluding hydrogens is 317 g/mol. The van der Waals surface area contributed by atoms with Crippen molar-refractivity contribution in [2.45, 2.75) is 24.8 Å². The minimum Gasteiger partial charge on any atom is -0.480 e. The molecule has 0 saturated carbocycles. The molecule has 1 saturated heterocycles. The lowest BCUT2D eigenvalue weighted by Gasteiger charge is -2.32. The molecule has 1 heterocycles. The average Bonchev–Trinajstić information content (AvgIpc) is 2.37. The highest BCUT2D eigenvalue weighted by Gasteiger charge is 2.39. The largest absolute Gasteiger partial charge is 0.480 e. The van der Waals surface area contributed by atoms with Crippen molar-refractivity contribution in [3.63, 3.8) is 0 Å². The lowest BCUT2D eigenvalue weighted by Crippen LogP contribution is -2.50. The van der Waals surface area contributed by atoms with Crippen LogP contribution in [0.2, 0.25) is 0 Å². The van der Waals surface area contributed by atoms with Gasteiger partial charge in [-0.3, -0.25) is 4.79 Å². The Labute approximate surface area is 127 Å². The van der Waals surface area contributed by atoms with E-state index >= 15 is 0 Å². The Balaban J connectivity index is 2.53. The number of hydrogen-bond donors (Lipinski definition) is 1. The molecule has 2 rings (SSSR count). The van der Waals surface area contributed by atoms with Gasteiger partial charge < -0.3 is 5.11 Å². The Morgan fingerprint density at radius 2 is 1.95 bits per heavy atom. The highest BCUT2D eigenvalue weighted by Crippen LogP contribution is 2.29. The summed E-state index contributed by atoms with van der Waals surface area (Å²) in [6.45, 7) is 3.16. The molecule has 1 aliphatic heterocycles. The molecule has 5 nitrogen and oxygen atoms in total. The molecule has 1 aromatic carbocycles. The summed E-state index contributed by atoms with van der Waals surface area (Å²) in [7, 11) is -3.96. The van der Waals surface area contributed by atoms with E-state index in [1.807, 2.05) is 0 Å². The van der Waals surface area contributed by atoms with E-state index in [1.54, 1.807) is 0 Å². The molecular formula is C13H16FNO4S2. The highest BCUT2D eigenvalue weighted by molar-refractivity contribution is 7.99. The van der Waals surface area contributed by atoms with Gasteiger partial charge in [-0.2, -0.15) is 16.1 Å². The Morgan fingerprint density at radius 3 is 2.48 bits per heavy atom. The topological polar surface area (TPSA) is 74.7 Å². The highest BCUT2D eigenvalue weighted by atomic mass is 32.2. The molecule has 0 aliphatic carbocycles. The molecule has 1 unspecified atom stereocenters. The van der Waals surface area contributed by atoms with Gasteiger partial charge in [0.15, 0.2) is 0 Å². The van der Waals surface area contributed by atoms with E-state index in [0.717, 1.165) is 16.4 Å². The third-order valence-electron chi connectivity index (χ3n) is 3.36. The zero-order chi connectivity index (χ0) is 15.8. The van der Waals surface area contributed by atoms with Gasteiger partial charge >= 0.3 is 5.97 Å². The zero-order valence-electron chi connectivity index (χ0n) is 11.7. The molecule has 0 spiro atoms. The molecule has 8 heteroatoms. The lowest BCUT2D eigenvalue weighted by molar-refractivity contribution is -0.140. The maximum atomic E-state index is 13.3. The SMILES string of the molecule is Cc1cc(F)cc(C)c1S(=O)(=O)N1CCSCC1C(=O)O. The number of sulfonamides is 1.